The van der Waals surface area contributed by atoms with Crippen molar-refractivity contribution in [1.82, 2.24) is 0 Å². The molecule has 20 heavy (non-hydrogen) atoms. The van der Waals surface area contributed by atoms with Crippen LogP contribution >= 0.6 is 0 Å². The number of ketones is 1. The van der Waals surface area contributed by atoms with Crippen molar-refractivity contribution >= 4 is 11.8 Å². The number of halogens is 2. The second-order valence-corrected chi connectivity index (χ2v) is 4.12. The van der Waals surface area contributed by atoms with Crippen LogP contribution in [0.25, 0.3) is 0 Å². The zero-order chi connectivity index (χ0) is 14.7. The smallest absolute Gasteiger partial charge is 0.341 e. The summed E-state index contributed by atoms with van der Waals surface area (Å²) in [4.78, 5) is 22.7. The van der Waals surface area contributed by atoms with Crippen LogP contribution in [0.2, 0.25) is 0 Å². The molecule has 0 spiro atoms. The third kappa shape index (κ3) is 3.03. The predicted molar refractivity (Wildman–Crippen MR) is 64.3 cm³/mol. The molecule has 0 bridgehead atoms. The normalized spacial score (nSPS) is 10.3. The molecule has 0 aliphatic heterocycles. The van der Waals surface area contributed by atoms with E-state index in [1.165, 1.54) is 29.1 Å². The summed E-state index contributed by atoms with van der Waals surface area (Å²) in [6.45, 7) is -0.232. The monoisotopic (exact) mass is 278 g/mol. The molecule has 0 saturated heterocycles. The van der Waals surface area contributed by atoms with Crippen molar-refractivity contribution in [3.05, 3.63) is 65.5 Å². The van der Waals surface area contributed by atoms with Gasteiger partial charge in [0.15, 0.2) is 12.4 Å². The van der Waals surface area contributed by atoms with Crippen molar-refractivity contribution in [3.8, 4) is 0 Å². The molecule has 0 saturated carbocycles. The maximum Gasteiger partial charge on any atom is 0.341 e. The van der Waals surface area contributed by atoms with Crippen LogP contribution in [0, 0.1) is 11.6 Å². The Morgan fingerprint density at radius 1 is 1.20 bits per heavy atom. The molecule has 6 heteroatoms. The van der Waals surface area contributed by atoms with Gasteiger partial charge in [0.05, 0.1) is 5.56 Å². The quantitative estimate of drug-likeness (QED) is 0.685. The number of rotatable bonds is 4. The zero-order valence-electron chi connectivity index (χ0n) is 10.2. The summed E-state index contributed by atoms with van der Waals surface area (Å²) in [5.41, 5.74) is -0.223. The number of aromatic nitrogens is 1. The number of benzene rings is 1. The molecule has 1 N–H and O–H groups in total. The number of hydrogen-bond donors (Lipinski definition) is 1. The van der Waals surface area contributed by atoms with Crippen molar-refractivity contribution in [1.29, 1.82) is 0 Å². The summed E-state index contributed by atoms with van der Waals surface area (Å²) in [7, 11) is 0. The molecule has 1 heterocycles. The van der Waals surface area contributed by atoms with Gasteiger partial charge in [-0.3, -0.25) is 4.79 Å². The Labute approximate surface area is 112 Å². The minimum atomic E-state index is -1.13. The summed E-state index contributed by atoms with van der Waals surface area (Å²) in [6.07, 6.45) is 2.76. The average molecular weight is 278 g/mol. The molecule has 4 nitrogen and oxygen atoms in total. The number of aromatic carboxylic acids is 1. The molecule has 0 fully saturated rings. The standard InChI is InChI=1S/C14H9F2NO3/c15-10-3-4-11(12(16)6-10)13(18)8-17-5-1-2-9(7-17)14(19)20/h1-7H,8H2/p+1. The highest BCUT2D eigenvalue weighted by molar-refractivity contribution is 5.95. The first-order chi connectivity index (χ1) is 9.47. The number of pyridine rings is 1. The molecule has 0 radical (unpaired) electrons. The highest BCUT2D eigenvalue weighted by Gasteiger charge is 2.18. The average Bonchev–Trinajstić information content (AvgIpc) is 2.38. The van der Waals surface area contributed by atoms with Crippen molar-refractivity contribution in [2.75, 3.05) is 0 Å². The lowest BCUT2D eigenvalue weighted by Crippen LogP contribution is -2.38. The van der Waals surface area contributed by atoms with E-state index in [1.54, 1.807) is 0 Å². The zero-order valence-corrected chi connectivity index (χ0v) is 10.2. The number of carboxylic acids is 1. The van der Waals surface area contributed by atoms with E-state index in [0.29, 0.717) is 6.07 Å². The van der Waals surface area contributed by atoms with E-state index in [2.05, 4.69) is 0 Å². The fraction of sp³-hybridized carbons (Fsp3) is 0.0714. The largest absolute Gasteiger partial charge is 0.477 e. The molecular formula is C14H10F2NO3+. The summed E-state index contributed by atoms with van der Waals surface area (Å²) in [5, 5.41) is 8.84. The molecule has 2 aromatic rings. The fourth-order valence-corrected chi connectivity index (χ4v) is 1.71. The van der Waals surface area contributed by atoms with Gasteiger partial charge in [-0.15, -0.1) is 0 Å². The van der Waals surface area contributed by atoms with Gasteiger partial charge < -0.3 is 5.11 Å². The Kier molecular flexibility index (Phi) is 3.84. The lowest BCUT2D eigenvalue weighted by Gasteiger charge is -2.01. The van der Waals surface area contributed by atoms with Crippen LogP contribution in [0.4, 0.5) is 8.78 Å². The minimum Gasteiger partial charge on any atom is -0.477 e. The van der Waals surface area contributed by atoms with Crippen LogP contribution in [0.15, 0.2) is 42.7 Å². The molecule has 0 unspecified atom stereocenters. The fourth-order valence-electron chi connectivity index (χ4n) is 1.71. The highest BCUT2D eigenvalue weighted by atomic mass is 19.1. The van der Waals surface area contributed by atoms with Crippen LogP contribution in [0.3, 0.4) is 0 Å². The summed E-state index contributed by atoms with van der Waals surface area (Å²) < 4.78 is 27.5. The van der Waals surface area contributed by atoms with E-state index < -0.39 is 23.4 Å². The molecule has 102 valence electrons. The van der Waals surface area contributed by atoms with Crippen molar-refractivity contribution in [2.24, 2.45) is 0 Å². The number of carbonyl (C=O) groups is 2. The van der Waals surface area contributed by atoms with E-state index in [9.17, 15) is 18.4 Å². The van der Waals surface area contributed by atoms with Crippen LogP contribution in [0.1, 0.15) is 20.7 Å². The number of nitrogens with zero attached hydrogens (tertiary/aromatic N) is 1. The first-order valence-electron chi connectivity index (χ1n) is 5.68. The van der Waals surface area contributed by atoms with Crippen LogP contribution in [-0.2, 0) is 6.54 Å². The molecule has 0 aliphatic rings. The topological polar surface area (TPSA) is 58.2 Å². The number of carboxylic acid groups (broad SMARTS) is 1. The molecule has 1 aromatic heterocycles. The second kappa shape index (κ2) is 5.56. The van der Waals surface area contributed by atoms with Gasteiger partial charge in [0.1, 0.15) is 17.2 Å². The summed E-state index contributed by atoms with van der Waals surface area (Å²) in [5.74, 6) is -3.40. The van der Waals surface area contributed by atoms with E-state index in [0.717, 1.165) is 12.1 Å². The Morgan fingerprint density at radius 3 is 2.60 bits per heavy atom. The van der Waals surface area contributed by atoms with E-state index in [4.69, 9.17) is 5.11 Å². The van der Waals surface area contributed by atoms with Gasteiger partial charge in [-0.25, -0.2) is 13.6 Å². The first-order valence-corrected chi connectivity index (χ1v) is 5.68. The van der Waals surface area contributed by atoms with Gasteiger partial charge in [0, 0.05) is 12.1 Å². The Hall–Kier alpha value is -2.63. The predicted octanol–water partition coefficient (Wildman–Crippen LogP) is 1.83. The second-order valence-electron chi connectivity index (χ2n) is 4.12. The van der Waals surface area contributed by atoms with Crippen LogP contribution < -0.4 is 4.57 Å². The minimum absolute atomic E-state index is 0.0138. The lowest BCUT2D eigenvalue weighted by molar-refractivity contribution is -0.683. The van der Waals surface area contributed by atoms with Crippen LogP contribution in [0.5, 0.6) is 0 Å². The number of carbonyl (C=O) groups excluding carboxylic acids is 1. The van der Waals surface area contributed by atoms with Gasteiger partial charge in [-0.2, -0.15) is 4.57 Å². The van der Waals surface area contributed by atoms with E-state index >= 15 is 0 Å². The summed E-state index contributed by atoms with van der Waals surface area (Å²) in [6, 6.07) is 5.54. The van der Waals surface area contributed by atoms with Crippen molar-refractivity contribution in [3.63, 3.8) is 0 Å². The Bertz CT molecular complexity index is 686. The van der Waals surface area contributed by atoms with Gasteiger partial charge in [0.25, 0.3) is 0 Å². The third-order valence-corrected chi connectivity index (χ3v) is 2.66. The molecule has 0 amide bonds. The maximum atomic E-state index is 13.4. The first kappa shape index (κ1) is 13.8. The maximum absolute atomic E-state index is 13.4. The molecular weight excluding hydrogens is 268 g/mol. The number of hydrogen-bond acceptors (Lipinski definition) is 2. The van der Waals surface area contributed by atoms with Gasteiger partial charge in [0.2, 0.25) is 12.3 Å². The highest BCUT2D eigenvalue weighted by Crippen LogP contribution is 2.10. The van der Waals surface area contributed by atoms with Crippen molar-refractivity contribution in [2.45, 2.75) is 6.54 Å². The number of Topliss-reactive ketones (excluding diaryl/α,β-unsaturated/α-hetero) is 1. The molecule has 2 rings (SSSR count). The Morgan fingerprint density at radius 2 is 1.95 bits per heavy atom. The van der Waals surface area contributed by atoms with Gasteiger partial charge in [-0.05, 0) is 18.2 Å². The third-order valence-electron chi connectivity index (χ3n) is 2.66. The summed E-state index contributed by atoms with van der Waals surface area (Å²) >= 11 is 0. The molecule has 1 aromatic carbocycles. The molecule has 0 atom stereocenters. The molecule has 0 aliphatic carbocycles. The lowest BCUT2D eigenvalue weighted by atomic mass is 10.1. The SMILES string of the molecule is O=C(O)c1ccc[n+](CC(=O)c2ccc(F)cc2F)c1. The van der Waals surface area contributed by atoms with E-state index in [-0.39, 0.29) is 17.7 Å². The van der Waals surface area contributed by atoms with Gasteiger partial charge >= 0.3 is 5.97 Å². The van der Waals surface area contributed by atoms with E-state index in [1.807, 2.05) is 0 Å². The van der Waals surface area contributed by atoms with Crippen molar-refractivity contribution < 1.29 is 28.0 Å². The Balaban J connectivity index is 2.23. The van der Waals surface area contributed by atoms with Crippen LogP contribution in [-0.4, -0.2) is 16.9 Å². The van der Waals surface area contributed by atoms with Gasteiger partial charge in [-0.1, -0.05) is 0 Å².